The predicted molar refractivity (Wildman–Crippen MR) is 159 cm³/mol. The number of aryl methyl sites for hydroxylation is 1. The summed E-state index contributed by atoms with van der Waals surface area (Å²) in [5.41, 5.74) is 8.84. The van der Waals surface area contributed by atoms with Crippen LogP contribution >= 0.6 is 0 Å². The van der Waals surface area contributed by atoms with Crippen molar-refractivity contribution in [3.63, 3.8) is 0 Å². The Balaban J connectivity index is 1.41. The van der Waals surface area contributed by atoms with Gasteiger partial charge in [-0.1, -0.05) is 24.3 Å². The lowest BCUT2D eigenvalue weighted by atomic mass is 9.99. The second-order valence-corrected chi connectivity index (χ2v) is 13.1. The van der Waals surface area contributed by atoms with Gasteiger partial charge in [-0.05, 0) is 72.4 Å². The molecule has 1 aromatic heterocycles. The van der Waals surface area contributed by atoms with Gasteiger partial charge in [-0.3, -0.25) is 9.59 Å². The van der Waals surface area contributed by atoms with Crippen LogP contribution in [0, 0.1) is 5.82 Å². The number of carbonyl (C=O) groups excluding carboxylic acids is 2. The third-order valence-corrected chi connectivity index (χ3v) is 10.1. The van der Waals surface area contributed by atoms with E-state index in [1.54, 1.807) is 37.4 Å². The monoisotopic (exact) mass is 587 g/mol. The summed E-state index contributed by atoms with van der Waals surface area (Å²) in [4.78, 5) is 32.4. The van der Waals surface area contributed by atoms with Gasteiger partial charge in [0.15, 0.2) is 9.84 Å². The van der Waals surface area contributed by atoms with Gasteiger partial charge in [-0.15, -0.1) is 0 Å². The van der Waals surface area contributed by atoms with E-state index < -0.39 is 26.9 Å². The van der Waals surface area contributed by atoms with Crippen molar-refractivity contribution in [3.8, 4) is 0 Å². The second kappa shape index (κ2) is 10.7. The molecule has 11 heteroatoms. The first-order valence-electron chi connectivity index (χ1n) is 13.7. The van der Waals surface area contributed by atoms with E-state index in [1.165, 1.54) is 11.0 Å². The Hall–Kier alpha value is -4.51. The number of nitrogens with two attached hydrogens (primary N) is 1. The topological polar surface area (TPSA) is 134 Å². The number of pyridine rings is 1. The predicted octanol–water partition coefficient (Wildman–Crippen LogP) is 4.59. The molecule has 2 heterocycles. The molecule has 4 N–H and O–H groups in total. The van der Waals surface area contributed by atoms with Gasteiger partial charge >= 0.3 is 0 Å². The number of aromatic nitrogens is 1. The normalized spacial score (nSPS) is 18.0. The smallest absolute Gasteiger partial charge is 0.249 e. The highest BCUT2D eigenvalue weighted by Gasteiger charge is 2.38. The lowest BCUT2D eigenvalue weighted by Crippen LogP contribution is -2.35. The number of nitrogen functional groups attached to an aromatic ring is 1. The molecule has 6 rings (SSSR count). The van der Waals surface area contributed by atoms with Crippen LogP contribution in [0.2, 0.25) is 0 Å². The number of likely N-dealkylation sites (N-methyl/N-ethyl adjacent to an activating group) is 1. The van der Waals surface area contributed by atoms with E-state index in [1.807, 2.05) is 24.3 Å². The van der Waals surface area contributed by atoms with Crippen LogP contribution in [0.5, 0.6) is 0 Å². The molecule has 1 fully saturated rings. The first-order chi connectivity index (χ1) is 20.1. The van der Waals surface area contributed by atoms with Crippen LogP contribution in [0.4, 0.5) is 21.6 Å². The lowest BCUT2D eigenvalue weighted by Gasteiger charge is -2.27. The Morgan fingerprint density at radius 3 is 2.62 bits per heavy atom. The molecule has 1 atom stereocenters. The van der Waals surface area contributed by atoms with Crippen molar-refractivity contribution in [2.24, 2.45) is 0 Å². The molecule has 2 amide bonds. The molecule has 42 heavy (non-hydrogen) atoms. The summed E-state index contributed by atoms with van der Waals surface area (Å²) in [7, 11) is -1.97. The van der Waals surface area contributed by atoms with Crippen molar-refractivity contribution >= 4 is 49.6 Å². The number of benzene rings is 3. The minimum absolute atomic E-state index is 0.00372. The fourth-order valence-electron chi connectivity index (χ4n) is 5.35. The van der Waals surface area contributed by atoms with E-state index in [2.05, 4.69) is 15.6 Å². The molecule has 2 aliphatic rings. The summed E-state index contributed by atoms with van der Waals surface area (Å²) in [5.74, 6) is -0.861. The molecule has 0 spiro atoms. The van der Waals surface area contributed by atoms with Crippen molar-refractivity contribution in [2.75, 3.05) is 23.4 Å². The van der Waals surface area contributed by atoms with E-state index in [4.69, 9.17) is 5.73 Å². The molecule has 1 saturated carbocycles. The number of amides is 2. The van der Waals surface area contributed by atoms with Crippen molar-refractivity contribution in [1.29, 1.82) is 0 Å². The molecular weight excluding hydrogens is 557 g/mol. The third kappa shape index (κ3) is 5.39. The van der Waals surface area contributed by atoms with Crippen LogP contribution in [-0.2, 0) is 32.4 Å². The molecule has 1 aliphatic carbocycles. The third-order valence-electron chi connectivity index (χ3n) is 7.75. The zero-order valence-corrected chi connectivity index (χ0v) is 23.7. The summed E-state index contributed by atoms with van der Waals surface area (Å²) < 4.78 is 41.2. The molecule has 216 valence electrons. The van der Waals surface area contributed by atoms with Gasteiger partial charge in [0.2, 0.25) is 11.8 Å². The van der Waals surface area contributed by atoms with E-state index in [9.17, 15) is 22.4 Å². The zero-order valence-electron chi connectivity index (χ0n) is 22.9. The van der Waals surface area contributed by atoms with E-state index in [-0.39, 0.29) is 40.9 Å². The molecule has 4 bridgehead atoms. The molecule has 3 aromatic carbocycles. The Morgan fingerprint density at radius 2 is 1.83 bits per heavy atom. The summed E-state index contributed by atoms with van der Waals surface area (Å²) in [6.07, 6.45) is 2.90. The van der Waals surface area contributed by atoms with Crippen LogP contribution in [0.15, 0.2) is 71.8 Å². The number of anilines is 3. The van der Waals surface area contributed by atoms with Crippen molar-refractivity contribution in [2.45, 2.75) is 48.4 Å². The summed E-state index contributed by atoms with van der Waals surface area (Å²) in [5, 5.41) is 6.41. The number of nitrogens with zero attached hydrogens (tertiary/aromatic N) is 2. The van der Waals surface area contributed by atoms with E-state index in [0.29, 0.717) is 47.2 Å². The van der Waals surface area contributed by atoms with Gasteiger partial charge in [0.1, 0.15) is 17.7 Å². The number of nitrogens with one attached hydrogen (secondary N) is 2. The van der Waals surface area contributed by atoms with Gasteiger partial charge in [-0.2, -0.15) is 0 Å². The average molecular weight is 588 g/mol. The van der Waals surface area contributed by atoms with Gasteiger partial charge in [0.25, 0.3) is 0 Å². The maximum absolute atomic E-state index is 14.6. The maximum atomic E-state index is 14.6. The Bertz CT molecular complexity index is 1840. The molecular formula is C31H30FN5O4S. The van der Waals surface area contributed by atoms with E-state index >= 15 is 0 Å². The number of carbonyl (C=O) groups is 2. The largest absolute Gasteiger partial charge is 0.383 e. The minimum atomic E-state index is -3.58. The zero-order chi connectivity index (χ0) is 29.6. The molecule has 1 aliphatic heterocycles. The number of fused-ring (bicyclic) bond motifs is 5. The minimum Gasteiger partial charge on any atom is -0.383 e. The van der Waals surface area contributed by atoms with E-state index in [0.717, 1.165) is 11.8 Å². The number of halogens is 1. The van der Waals surface area contributed by atoms with Crippen molar-refractivity contribution in [3.05, 3.63) is 89.4 Å². The number of hydrogen-bond donors (Lipinski definition) is 3. The van der Waals surface area contributed by atoms with Crippen LogP contribution in [0.3, 0.4) is 0 Å². The highest BCUT2D eigenvalue weighted by molar-refractivity contribution is 7.92. The van der Waals surface area contributed by atoms with Crippen LogP contribution < -0.4 is 16.4 Å². The van der Waals surface area contributed by atoms with Crippen molar-refractivity contribution in [1.82, 2.24) is 9.88 Å². The highest BCUT2D eigenvalue weighted by atomic mass is 32.2. The first-order valence-corrected chi connectivity index (χ1v) is 15.3. The number of rotatable bonds is 4. The quantitative estimate of drug-likeness (QED) is 0.318. The van der Waals surface area contributed by atoms with Crippen LogP contribution in [0.1, 0.15) is 42.0 Å². The number of sulfone groups is 1. The maximum Gasteiger partial charge on any atom is 0.249 e. The first kappa shape index (κ1) is 27.6. The van der Waals surface area contributed by atoms with Gasteiger partial charge in [0, 0.05) is 42.2 Å². The Labute approximate surface area is 242 Å². The van der Waals surface area contributed by atoms with Gasteiger partial charge < -0.3 is 21.3 Å². The standard InChI is InChI=1S/C31H30FN5O4S/c1-37-17-20-14-21(7-11-27(20)42(40,41)23-8-9-23)35-28(38)12-5-18-3-2-4-19(13-18)29(31(37)39)36-22-6-10-24-25(15-22)26(32)16-34-30(24)33/h2-4,6-7,10-11,13-16,23,29,36H,5,8-9,12,17H2,1H3,(H2,33,34)(H,35,38)/t29-/m1/s1. The summed E-state index contributed by atoms with van der Waals surface area (Å²) in [6, 6.07) is 16.2. The molecule has 0 unspecified atom stereocenters. The fourth-order valence-corrected chi connectivity index (χ4v) is 7.22. The van der Waals surface area contributed by atoms with Crippen LogP contribution in [0.25, 0.3) is 10.8 Å². The Kier molecular flexibility index (Phi) is 7.05. The molecule has 0 radical (unpaired) electrons. The summed E-state index contributed by atoms with van der Waals surface area (Å²) >= 11 is 0. The van der Waals surface area contributed by atoms with Gasteiger partial charge in [-0.25, -0.2) is 17.8 Å². The molecule has 9 nitrogen and oxygen atoms in total. The second-order valence-electron chi connectivity index (χ2n) is 10.9. The molecule has 4 aromatic rings. The fraction of sp³-hybridized carbons (Fsp3) is 0.258. The number of hydrogen-bond acceptors (Lipinski definition) is 7. The highest BCUT2D eigenvalue weighted by Crippen LogP contribution is 2.36. The Morgan fingerprint density at radius 1 is 1.02 bits per heavy atom. The van der Waals surface area contributed by atoms with Crippen LogP contribution in [-0.4, -0.2) is 42.4 Å². The van der Waals surface area contributed by atoms with Crippen molar-refractivity contribution < 1.29 is 22.4 Å². The lowest BCUT2D eigenvalue weighted by molar-refractivity contribution is -0.131. The average Bonchev–Trinajstić information content (AvgIpc) is 3.83. The molecule has 0 saturated heterocycles. The van der Waals surface area contributed by atoms with Gasteiger partial charge in [0.05, 0.1) is 16.3 Å². The summed E-state index contributed by atoms with van der Waals surface area (Å²) in [6.45, 7) is -0.00372. The SMILES string of the molecule is CN1Cc2cc(ccc2S(=O)(=O)C2CC2)NC(=O)CCc2cccc(c2)[C@@H](Nc2ccc3c(N)ncc(F)c3c2)C1=O.